The average Bonchev–Trinajstić information content (AvgIpc) is 2.07. The molecule has 0 aromatic heterocycles. The molecule has 0 radical (unpaired) electrons. The van der Waals surface area contributed by atoms with Gasteiger partial charge < -0.3 is 10.2 Å². The zero-order valence-corrected chi connectivity index (χ0v) is 7.03. The molecule has 0 aromatic rings. The Morgan fingerprint density at radius 2 is 1.30 bits per heavy atom. The number of aliphatic hydroxyl groups excluding tert-OH is 2. The molecule has 0 heterocycles. The molecule has 2 unspecified atom stereocenters. The quantitative estimate of drug-likeness (QED) is 0.577. The van der Waals surface area contributed by atoms with E-state index in [-0.39, 0.29) is 10.1 Å². The molecule has 0 spiro atoms. The normalized spacial score (nSPS) is 41.1. The first-order chi connectivity index (χ1) is 4.55. The van der Waals surface area contributed by atoms with Crippen LogP contribution in [0.15, 0.2) is 10.1 Å². The first kappa shape index (κ1) is 8.62. The summed E-state index contributed by atoms with van der Waals surface area (Å²) >= 11 is 16.4. The van der Waals surface area contributed by atoms with Crippen molar-refractivity contribution in [3.63, 3.8) is 0 Å². The van der Waals surface area contributed by atoms with Crippen molar-refractivity contribution >= 4 is 34.8 Å². The first-order valence-corrected chi connectivity index (χ1v) is 3.80. The van der Waals surface area contributed by atoms with Crippen molar-refractivity contribution in [3.05, 3.63) is 10.1 Å². The van der Waals surface area contributed by atoms with E-state index in [1.54, 1.807) is 0 Å². The van der Waals surface area contributed by atoms with Gasteiger partial charge in [0.25, 0.3) is 0 Å². The van der Waals surface area contributed by atoms with Crippen molar-refractivity contribution < 1.29 is 10.2 Å². The van der Waals surface area contributed by atoms with Gasteiger partial charge in [0, 0.05) is 0 Å². The molecule has 0 amide bonds. The molecule has 10 heavy (non-hydrogen) atoms. The third-order valence-corrected chi connectivity index (χ3v) is 2.78. The summed E-state index contributed by atoms with van der Waals surface area (Å²) < 4.78 is 0. The van der Waals surface area contributed by atoms with E-state index < -0.39 is 17.6 Å². The molecule has 0 fully saturated rings. The van der Waals surface area contributed by atoms with Crippen molar-refractivity contribution in [1.29, 1.82) is 0 Å². The molecule has 1 aliphatic carbocycles. The van der Waals surface area contributed by atoms with Crippen molar-refractivity contribution in [2.24, 2.45) is 0 Å². The Morgan fingerprint density at radius 1 is 1.00 bits per heavy atom. The molecule has 5 heteroatoms. The summed E-state index contributed by atoms with van der Waals surface area (Å²) in [6.45, 7) is 0. The van der Waals surface area contributed by atoms with Gasteiger partial charge in [-0.3, -0.25) is 0 Å². The van der Waals surface area contributed by atoms with E-state index in [0.29, 0.717) is 0 Å². The highest BCUT2D eigenvalue weighted by atomic mass is 35.5. The lowest BCUT2D eigenvalue weighted by atomic mass is 10.3. The third kappa shape index (κ3) is 1.15. The Labute approximate surface area is 73.0 Å². The fourth-order valence-electron chi connectivity index (χ4n) is 0.735. The maximum Gasteiger partial charge on any atom is 0.110 e. The van der Waals surface area contributed by atoms with Gasteiger partial charge in [0.1, 0.15) is 12.2 Å². The maximum absolute atomic E-state index is 9.04. The van der Waals surface area contributed by atoms with Crippen LogP contribution in [0.3, 0.4) is 0 Å². The van der Waals surface area contributed by atoms with Crippen LogP contribution in [0.25, 0.3) is 0 Å². The van der Waals surface area contributed by atoms with Gasteiger partial charge in [-0.15, -0.1) is 11.6 Å². The van der Waals surface area contributed by atoms with Crippen LogP contribution in [-0.2, 0) is 0 Å². The molecule has 0 saturated heterocycles. The lowest BCUT2D eigenvalue weighted by molar-refractivity contribution is 0.153. The van der Waals surface area contributed by atoms with Crippen molar-refractivity contribution in [2.75, 3.05) is 0 Å². The summed E-state index contributed by atoms with van der Waals surface area (Å²) in [6.07, 6.45) is -2.07. The zero-order chi connectivity index (χ0) is 7.89. The molecule has 1 aliphatic rings. The van der Waals surface area contributed by atoms with E-state index >= 15 is 0 Å². The second kappa shape index (κ2) is 2.88. The van der Waals surface area contributed by atoms with Crippen molar-refractivity contribution in [3.8, 4) is 0 Å². The number of aliphatic hydroxyl groups is 2. The van der Waals surface area contributed by atoms with E-state index in [0.717, 1.165) is 0 Å². The average molecular weight is 203 g/mol. The SMILES string of the molecule is OC1C(Cl)=C(Cl)C(O)C1Cl. The van der Waals surface area contributed by atoms with E-state index in [2.05, 4.69) is 0 Å². The molecule has 1 rings (SSSR count). The largest absolute Gasteiger partial charge is 0.386 e. The fraction of sp³-hybridized carbons (Fsp3) is 0.600. The van der Waals surface area contributed by atoms with Gasteiger partial charge in [-0.25, -0.2) is 0 Å². The summed E-state index contributed by atoms with van der Waals surface area (Å²) in [4.78, 5) is 0. The Bertz CT molecular complexity index is 162. The van der Waals surface area contributed by atoms with Gasteiger partial charge in [0.05, 0.1) is 15.4 Å². The summed E-state index contributed by atoms with van der Waals surface area (Å²) in [5.41, 5.74) is 0. The Morgan fingerprint density at radius 3 is 1.40 bits per heavy atom. The predicted octanol–water partition coefficient (Wildman–Crippen LogP) is 1.02. The van der Waals surface area contributed by atoms with E-state index in [4.69, 9.17) is 45.0 Å². The molecular formula is C5H5Cl3O2. The second-order valence-corrected chi connectivity index (χ2v) is 3.35. The molecule has 2 nitrogen and oxygen atoms in total. The van der Waals surface area contributed by atoms with Crippen LogP contribution >= 0.6 is 34.8 Å². The first-order valence-electron chi connectivity index (χ1n) is 2.61. The summed E-state index contributed by atoms with van der Waals surface area (Å²) in [5, 5.41) is 17.3. The van der Waals surface area contributed by atoms with Crippen LogP contribution < -0.4 is 0 Å². The molecule has 0 saturated carbocycles. The monoisotopic (exact) mass is 202 g/mol. The van der Waals surface area contributed by atoms with Crippen LogP contribution in [-0.4, -0.2) is 27.8 Å². The maximum atomic E-state index is 9.04. The molecule has 2 N–H and O–H groups in total. The van der Waals surface area contributed by atoms with Crippen molar-refractivity contribution in [1.82, 2.24) is 0 Å². The van der Waals surface area contributed by atoms with Gasteiger partial charge in [-0.05, 0) is 0 Å². The molecule has 0 bridgehead atoms. The zero-order valence-electron chi connectivity index (χ0n) is 4.76. The topological polar surface area (TPSA) is 40.5 Å². The van der Waals surface area contributed by atoms with Crippen LogP contribution in [0.2, 0.25) is 0 Å². The Kier molecular flexibility index (Phi) is 2.48. The van der Waals surface area contributed by atoms with Gasteiger partial charge in [-0.1, -0.05) is 23.2 Å². The van der Waals surface area contributed by atoms with Gasteiger partial charge in [0.2, 0.25) is 0 Å². The van der Waals surface area contributed by atoms with Gasteiger partial charge >= 0.3 is 0 Å². The molecule has 2 atom stereocenters. The fourth-order valence-corrected chi connectivity index (χ4v) is 1.61. The number of rotatable bonds is 0. The third-order valence-electron chi connectivity index (χ3n) is 1.35. The highest BCUT2D eigenvalue weighted by Crippen LogP contribution is 2.35. The van der Waals surface area contributed by atoms with Crippen LogP contribution in [0.5, 0.6) is 0 Å². The minimum absolute atomic E-state index is 0.0363. The van der Waals surface area contributed by atoms with Crippen LogP contribution in [0.1, 0.15) is 0 Å². The molecule has 0 aliphatic heterocycles. The lowest BCUT2D eigenvalue weighted by Crippen LogP contribution is -2.25. The smallest absolute Gasteiger partial charge is 0.110 e. The summed E-state index contributed by atoms with van der Waals surface area (Å²) in [7, 11) is 0. The number of alkyl halides is 1. The molecule has 58 valence electrons. The van der Waals surface area contributed by atoms with E-state index in [1.165, 1.54) is 0 Å². The van der Waals surface area contributed by atoms with Crippen molar-refractivity contribution in [2.45, 2.75) is 17.6 Å². The molecular weight excluding hydrogens is 198 g/mol. The second-order valence-electron chi connectivity index (χ2n) is 2.03. The van der Waals surface area contributed by atoms with E-state index in [1.807, 2.05) is 0 Å². The number of hydrogen-bond acceptors (Lipinski definition) is 2. The highest BCUT2D eigenvalue weighted by molar-refractivity contribution is 6.42. The predicted molar refractivity (Wildman–Crippen MR) is 40.4 cm³/mol. The number of hydrogen-bond donors (Lipinski definition) is 2. The molecule has 0 aromatic carbocycles. The standard InChI is InChI=1S/C5H5Cl3O2/c6-1-2(7)5(10)3(8)4(1)9/h3-5,9-10H. The summed E-state index contributed by atoms with van der Waals surface area (Å²) in [6, 6.07) is 0. The Balaban J connectivity index is 2.88. The minimum Gasteiger partial charge on any atom is -0.386 e. The summed E-state index contributed by atoms with van der Waals surface area (Å²) in [5.74, 6) is 0. The van der Waals surface area contributed by atoms with Gasteiger partial charge in [0.15, 0.2) is 0 Å². The number of halogens is 3. The van der Waals surface area contributed by atoms with Crippen LogP contribution in [0.4, 0.5) is 0 Å². The lowest BCUT2D eigenvalue weighted by Gasteiger charge is -2.09. The highest BCUT2D eigenvalue weighted by Gasteiger charge is 2.38. The Hall–Kier alpha value is 0.530. The minimum atomic E-state index is -1.04. The van der Waals surface area contributed by atoms with Gasteiger partial charge in [-0.2, -0.15) is 0 Å². The van der Waals surface area contributed by atoms with Crippen LogP contribution in [0, 0.1) is 0 Å². The van der Waals surface area contributed by atoms with E-state index in [9.17, 15) is 0 Å².